The van der Waals surface area contributed by atoms with Crippen LogP contribution in [0.1, 0.15) is 18.3 Å². The van der Waals surface area contributed by atoms with Crippen LogP contribution in [-0.4, -0.2) is 26.9 Å². The van der Waals surface area contributed by atoms with Crippen LogP contribution in [0.3, 0.4) is 0 Å². The zero-order valence-electron chi connectivity index (χ0n) is 9.15. The minimum absolute atomic E-state index is 0.355. The first-order valence-electron chi connectivity index (χ1n) is 4.91. The minimum Gasteiger partial charge on any atom is -0.480 e. The molecule has 2 unspecified atom stereocenters. The third kappa shape index (κ3) is 3.94. The van der Waals surface area contributed by atoms with Crippen molar-refractivity contribution in [3.05, 3.63) is 35.9 Å². The number of nitrogens with one attached hydrogen (secondary N) is 1. The summed E-state index contributed by atoms with van der Waals surface area (Å²) < 4.78 is 11.3. The molecule has 0 aliphatic rings. The van der Waals surface area contributed by atoms with Gasteiger partial charge in [0.15, 0.2) is 0 Å². The van der Waals surface area contributed by atoms with Crippen molar-refractivity contribution >= 4 is 13.6 Å². The van der Waals surface area contributed by atoms with Gasteiger partial charge in [-0.3, -0.25) is 14.7 Å². The Labute approximate surface area is 98.4 Å². The molecule has 0 saturated carbocycles. The molecule has 0 aromatic heterocycles. The SMILES string of the molecule is CC(NC(c1ccccc1)P(=O)(O)O)C(=O)O. The second-order valence-electron chi connectivity index (χ2n) is 3.63. The number of rotatable bonds is 5. The first-order valence-corrected chi connectivity index (χ1v) is 6.59. The maximum absolute atomic E-state index is 11.3. The summed E-state index contributed by atoms with van der Waals surface area (Å²) in [6.45, 7) is 1.33. The number of carboxylic acid groups (broad SMARTS) is 1. The summed E-state index contributed by atoms with van der Waals surface area (Å²) in [5.74, 6) is -2.48. The number of carboxylic acids is 1. The fourth-order valence-corrected chi connectivity index (χ4v) is 2.31. The summed E-state index contributed by atoms with van der Waals surface area (Å²) in [5.41, 5.74) is 0.355. The first kappa shape index (κ1) is 13.9. The Morgan fingerprint density at radius 1 is 1.29 bits per heavy atom. The average Bonchev–Trinajstić information content (AvgIpc) is 2.25. The number of benzene rings is 1. The van der Waals surface area contributed by atoms with Crippen LogP contribution in [0.15, 0.2) is 30.3 Å². The van der Waals surface area contributed by atoms with Gasteiger partial charge in [-0.15, -0.1) is 0 Å². The lowest BCUT2D eigenvalue weighted by molar-refractivity contribution is -0.139. The number of hydrogen-bond acceptors (Lipinski definition) is 3. The van der Waals surface area contributed by atoms with E-state index in [2.05, 4.69) is 5.32 Å². The Hall–Kier alpha value is -1.20. The van der Waals surface area contributed by atoms with Crippen LogP contribution in [0.4, 0.5) is 0 Å². The van der Waals surface area contributed by atoms with Crippen LogP contribution in [0.25, 0.3) is 0 Å². The Kier molecular flexibility index (Phi) is 4.42. The molecule has 0 fully saturated rings. The van der Waals surface area contributed by atoms with Gasteiger partial charge in [-0.2, -0.15) is 0 Å². The summed E-state index contributed by atoms with van der Waals surface area (Å²) >= 11 is 0. The summed E-state index contributed by atoms with van der Waals surface area (Å²) in [6.07, 6.45) is 0. The monoisotopic (exact) mass is 259 g/mol. The van der Waals surface area contributed by atoms with Crippen LogP contribution in [0.5, 0.6) is 0 Å². The molecule has 0 heterocycles. The Balaban J connectivity index is 2.98. The highest BCUT2D eigenvalue weighted by Gasteiger charge is 2.32. The lowest BCUT2D eigenvalue weighted by Crippen LogP contribution is -2.36. The van der Waals surface area contributed by atoms with E-state index in [1.54, 1.807) is 18.2 Å². The standard InChI is InChI=1S/C10H14NO5P/c1-7(10(12)13)11-9(17(14,15)16)8-5-3-2-4-6-8/h2-7,9,11H,1H3,(H,12,13)(H2,14,15,16). The maximum atomic E-state index is 11.3. The molecule has 0 amide bonds. The smallest absolute Gasteiger partial charge is 0.346 e. The van der Waals surface area contributed by atoms with Gasteiger partial charge in [0.1, 0.15) is 11.8 Å². The molecule has 0 radical (unpaired) electrons. The lowest BCUT2D eigenvalue weighted by atomic mass is 10.2. The number of hydrogen-bond donors (Lipinski definition) is 4. The largest absolute Gasteiger partial charge is 0.480 e. The van der Waals surface area contributed by atoms with Crippen molar-refractivity contribution in [1.82, 2.24) is 5.32 Å². The van der Waals surface area contributed by atoms with Crippen LogP contribution in [0.2, 0.25) is 0 Å². The third-order valence-corrected chi connectivity index (χ3v) is 3.35. The molecule has 1 aromatic carbocycles. The number of carbonyl (C=O) groups is 1. The van der Waals surface area contributed by atoms with E-state index in [0.717, 1.165) is 0 Å². The topological polar surface area (TPSA) is 107 Å². The third-order valence-electron chi connectivity index (χ3n) is 2.23. The zero-order chi connectivity index (χ0) is 13.1. The van der Waals surface area contributed by atoms with Gasteiger partial charge in [-0.05, 0) is 12.5 Å². The molecule has 0 aliphatic heterocycles. The minimum atomic E-state index is -4.47. The van der Waals surface area contributed by atoms with Crippen molar-refractivity contribution in [3.63, 3.8) is 0 Å². The van der Waals surface area contributed by atoms with Crippen molar-refractivity contribution < 1.29 is 24.3 Å². The molecule has 1 aromatic rings. The van der Waals surface area contributed by atoms with Gasteiger partial charge < -0.3 is 14.9 Å². The van der Waals surface area contributed by atoms with E-state index < -0.39 is 25.4 Å². The van der Waals surface area contributed by atoms with Crippen molar-refractivity contribution in [2.24, 2.45) is 0 Å². The first-order chi connectivity index (χ1) is 7.82. The summed E-state index contributed by atoms with van der Waals surface area (Å²) in [6, 6.07) is 6.99. The van der Waals surface area contributed by atoms with E-state index in [1.165, 1.54) is 19.1 Å². The molecule has 0 bridgehead atoms. The van der Waals surface area contributed by atoms with Gasteiger partial charge in [0, 0.05) is 0 Å². The Morgan fingerprint density at radius 3 is 2.24 bits per heavy atom. The fourth-order valence-electron chi connectivity index (χ4n) is 1.33. The number of aliphatic carboxylic acids is 1. The van der Waals surface area contributed by atoms with Crippen LogP contribution >= 0.6 is 7.60 Å². The highest BCUT2D eigenvalue weighted by atomic mass is 31.2. The van der Waals surface area contributed by atoms with E-state index in [9.17, 15) is 19.1 Å². The summed E-state index contributed by atoms with van der Waals surface area (Å²) in [4.78, 5) is 29.1. The second kappa shape index (κ2) is 5.42. The normalized spacial score (nSPS) is 15.2. The predicted octanol–water partition coefficient (Wildman–Crippen LogP) is 0.926. The fraction of sp³-hybridized carbons (Fsp3) is 0.300. The van der Waals surface area contributed by atoms with E-state index in [1.807, 2.05) is 0 Å². The quantitative estimate of drug-likeness (QED) is 0.586. The predicted molar refractivity (Wildman–Crippen MR) is 61.5 cm³/mol. The van der Waals surface area contributed by atoms with Crippen molar-refractivity contribution in [1.29, 1.82) is 0 Å². The van der Waals surface area contributed by atoms with Crippen LogP contribution in [0, 0.1) is 0 Å². The molecule has 17 heavy (non-hydrogen) atoms. The van der Waals surface area contributed by atoms with Gasteiger partial charge in [0.25, 0.3) is 0 Å². The van der Waals surface area contributed by atoms with Gasteiger partial charge in [0.05, 0.1) is 0 Å². The van der Waals surface area contributed by atoms with E-state index >= 15 is 0 Å². The maximum Gasteiger partial charge on any atom is 0.346 e. The van der Waals surface area contributed by atoms with E-state index in [4.69, 9.17) is 5.11 Å². The van der Waals surface area contributed by atoms with E-state index in [0.29, 0.717) is 5.56 Å². The summed E-state index contributed by atoms with van der Waals surface area (Å²) in [7, 11) is -4.47. The molecule has 1 rings (SSSR count). The molecule has 2 atom stereocenters. The molecule has 94 valence electrons. The van der Waals surface area contributed by atoms with Crippen LogP contribution in [-0.2, 0) is 9.36 Å². The highest BCUT2D eigenvalue weighted by Crippen LogP contribution is 2.49. The molecule has 6 nitrogen and oxygen atoms in total. The lowest BCUT2D eigenvalue weighted by Gasteiger charge is -2.22. The molecule has 0 aliphatic carbocycles. The average molecular weight is 259 g/mol. The Morgan fingerprint density at radius 2 is 1.82 bits per heavy atom. The molecule has 4 N–H and O–H groups in total. The zero-order valence-corrected chi connectivity index (χ0v) is 10.0. The summed E-state index contributed by atoms with van der Waals surface area (Å²) in [5, 5.41) is 11.1. The second-order valence-corrected chi connectivity index (χ2v) is 5.32. The van der Waals surface area contributed by atoms with Crippen LogP contribution < -0.4 is 5.32 Å². The van der Waals surface area contributed by atoms with Crippen molar-refractivity contribution in [3.8, 4) is 0 Å². The highest BCUT2D eigenvalue weighted by molar-refractivity contribution is 7.52. The molecular formula is C10H14NO5P. The van der Waals surface area contributed by atoms with Crippen molar-refractivity contribution in [2.75, 3.05) is 0 Å². The molecular weight excluding hydrogens is 245 g/mol. The van der Waals surface area contributed by atoms with Gasteiger partial charge in [0.2, 0.25) is 0 Å². The molecule has 0 spiro atoms. The van der Waals surface area contributed by atoms with Gasteiger partial charge >= 0.3 is 13.6 Å². The Bertz CT molecular complexity index is 430. The van der Waals surface area contributed by atoms with Gasteiger partial charge in [-0.1, -0.05) is 30.3 Å². The van der Waals surface area contributed by atoms with E-state index in [-0.39, 0.29) is 0 Å². The molecule has 7 heteroatoms. The van der Waals surface area contributed by atoms with Crippen molar-refractivity contribution in [2.45, 2.75) is 18.7 Å². The molecule has 0 saturated heterocycles. The van der Waals surface area contributed by atoms with Gasteiger partial charge in [-0.25, -0.2) is 0 Å².